The third kappa shape index (κ3) is 2.90. The molecule has 4 atom stereocenters. The van der Waals surface area contributed by atoms with Gasteiger partial charge in [-0.25, -0.2) is 9.59 Å². The van der Waals surface area contributed by atoms with Crippen LogP contribution in [-0.2, 0) is 35.0 Å². The second-order valence-corrected chi connectivity index (χ2v) is 8.60. The number of benzene rings is 1. The number of para-hydroxylation sites is 1. The summed E-state index contributed by atoms with van der Waals surface area (Å²) in [7, 11) is 1.21. The van der Waals surface area contributed by atoms with Crippen molar-refractivity contribution in [2.24, 2.45) is 0 Å². The van der Waals surface area contributed by atoms with E-state index >= 15 is 0 Å². The number of carbonyl (C=O) groups excluding carboxylic acids is 3. The van der Waals surface area contributed by atoms with E-state index in [2.05, 4.69) is 0 Å². The summed E-state index contributed by atoms with van der Waals surface area (Å²) in [6.45, 7) is 2.86. The molecule has 0 bridgehead atoms. The van der Waals surface area contributed by atoms with Crippen LogP contribution in [0.5, 0.6) is 5.75 Å². The Labute approximate surface area is 153 Å². The van der Waals surface area contributed by atoms with Gasteiger partial charge in [0.1, 0.15) is 5.75 Å². The Morgan fingerprint density at radius 2 is 1.92 bits per heavy atom. The van der Waals surface area contributed by atoms with E-state index < -0.39 is 51.3 Å². The van der Waals surface area contributed by atoms with Crippen molar-refractivity contribution in [2.45, 2.75) is 36.1 Å². The zero-order valence-corrected chi connectivity index (χ0v) is 15.4. The number of amides is 1. The van der Waals surface area contributed by atoms with Gasteiger partial charge in [-0.15, -0.1) is 0 Å². The highest BCUT2D eigenvalue weighted by molar-refractivity contribution is 7.94. The predicted molar refractivity (Wildman–Crippen MR) is 90.5 cm³/mol. The van der Waals surface area contributed by atoms with E-state index in [0.29, 0.717) is 5.75 Å². The fourth-order valence-corrected chi connectivity index (χ4v) is 5.04. The van der Waals surface area contributed by atoms with Crippen molar-refractivity contribution in [1.29, 1.82) is 0 Å². The van der Waals surface area contributed by atoms with Crippen molar-refractivity contribution in [3.8, 4) is 5.75 Å². The largest absolute Gasteiger partial charge is 0.614 e. The van der Waals surface area contributed by atoms with E-state index in [1.165, 1.54) is 12.0 Å². The maximum atomic E-state index is 12.7. The Bertz CT molecular complexity index is 723. The number of hydrogen-bond acceptors (Lipinski definition) is 7. The topological polar surface area (TPSA) is 105 Å². The van der Waals surface area contributed by atoms with Crippen molar-refractivity contribution in [3.63, 3.8) is 0 Å². The first-order chi connectivity index (χ1) is 12.3. The smallest absolute Gasteiger partial charge is 0.345 e. The van der Waals surface area contributed by atoms with Gasteiger partial charge in [0.05, 0.1) is 7.11 Å². The van der Waals surface area contributed by atoms with Crippen LogP contribution < -0.4 is 4.74 Å². The molecule has 1 unspecified atom stereocenters. The lowest BCUT2D eigenvalue weighted by molar-refractivity contribution is -0.183. The molecule has 2 aliphatic heterocycles. The Kier molecular flexibility index (Phi) is 4.85. The molecule has 2 heterocycles. The highest BCUT2D eigenvalue weighted by atomic mass is 32.2. The predicted octanol–water partition coefficient (Wildman–Crippen LogP) is 0.228. The molecular formula is C17H19NO7S. The van der Waals surface area contributed by atoms with Crippen molar-refractivity contribution in [1.82, 2.24) is 4.90 Å². The Hall–Kier alpha value is -2.26. The fourth-order valence-electron chi connectivity index (χ4n) is 3.16. The maximum Gasteiger partial charge on any atom is 0.345 e. The minimum atomic E-state index is -1.59. The molecule has 1 aromatic rings. The molecule has 1 amide bonds. The van der Waals surface area contributed by atoms with E-state index in [0.717, 1.165) is 0 Å². The number of rotatable bonds is 5. The van der Waals surface area contributed by atoms with E-state index in [9.17, 15) is 18.9 Å². The number of ether oxygens (including phenoxy) is 3. The molecule has 0 saturated carbocycles. The summed E-state index contributed by atoms with van der Waals surface area (Å²) < 4.78 is 26.9. The van der Waals surface area contributed by atoms with Gasteiger partial charge >= 0.3 is 11.9 Å². The summed E-state index contributed by atoms with van der Waals surface area (Å²) in [5.74, 6) is -1.46. The molecule has 26 heavy (non-hydrogen) atoms. The summed E-state index contributed by atoms with van der Waals surface area (Å²) in [4.78, 5) is 37.6. The minimum absolute atomic E-state index is 0.378. The van der Waals surface area contributed by atoms with Crippen molar-refractivity contribution in [2.75, 3.05) is 13.7 Å². The first-order valence-corrected chi connectivity index (χ1v) is 9.18. The molecule has 0 N–H and O–H groups in total. The monoisotopic (exact) mass is 381 g/mol. The van der Waals surface area contributed by atoms with Crippen LogP contribution in [0.1, 0.15) is 13.8 Å². The normalized spacial score (nSPS) is 28.8. The van der Waals surface area contributed by atoms with E-state index in [1.807, 2.05) is 6.07 Å². The molecule has 140 valence electrons. The SMILES string of the molecule is COC(=O)[C@@H]1N2C(=O)[C@H](OC(=O)COc3ccccc3)[C@H]2[S+]([O-])C1(C)C. The van der Waals surface area contributed by atoms with Crippen LogP contribution in [0, 0.1) is 0 Å². The third-order valence-electron chi connectivity index (χ3n) is 4.49. The molecule has 1 aromatic carbocycles. The van der Waals surface area contributed by atoms with Gasteiger partial charge in [-0.1, -0.05) is 18.2 Å². The molecule has 2 aliphatic rings. The van der Waals surface area contributed by atoms with Crippen LogP contribution in [0.2, 0.25) is 0 Å². The molecule has 9 heteroatoms. The second kappa shape index (κ2) is 6.81. The molecule has 0 spiro atoms. The van der Waals surface area contributed by atoms with Crippen LogP contribution in [0.3, 0.4) is 0 Å². The number of nitrogens with zero attached hydrogens (tertiary/aromatic N) is 1. The molecule has 8 nitrogen and oxygen atoms in total. The highest BCUT2D eigenvalue weighted by Gasteiger charge is 2.74. The number of carbonyl (C=O) groups is 3. The van der Waals surface area contributed by atoms with Gasteiger partial charge in [-0.2, -0.15) is 0 Å². The van der Waals surface area contributed by atoms with Gasteiger partial charge in [-0.05, 0) is 37.2 Å². The van der Waals surface area contributed by atoms with Crippen LogP contribution in [0.15, 0.2) is 30.3 Å². The lowest BCUT2D eigenvalue weighted by Gasteiger charge is -2.40. The molecule has 0 aromatic heterocycles. The average molecular weight is 381 g/mol. The van der Waals surface area contributed by atoms with Crippen molar-refractivity contribution >= 4 is 29.0 Å². The first-order valence-electron chi connectivity index (χ1n) is 7.97. The molecule has 2 saturated heterocycles. The zero-order chi connectivity index (χ0) is 19.1. The number of fused-ring (bicyclic) bond motifs is 1. The van der Waals surface area contributed by atoms with Gasteiger partial charge < -0.3 is 18.8 Å². The Balaban J connectivity index is 1.65. The van der Waals surface area contributed by atoms with Crippen LogP contribution in [0.4, 0.5) is 0 Å². The van der Waals surface area contributed by atoms with Gasteiger partial charge in [0.15, 0.2) is 17.4 Å². The highest BCUT2D eigenvalue weighted by Crippen LogP contribution is 2.47. The zero-order valence-electron chi connectivity index (χ0n) is 14.5. The molecule has 2 fully saturated rings. The molecule has 3 rings (SSSR count). The standard InChI is InChI=1S/C17H19NO7S/c1-17(2)13(16(21)23-3)18-14(20)12(15(18)26(17)22)25-11(19)9-24-10-7-5-4-6-8-10/h4-8,12-13,15H,9H2,1-3H3/t12-,13-,15+,26?/m0/s1. The number of methoxy groups -OCH3 is 1. The van der Waals surface area contributed by atoms with Gasteiger partial charge in [-0.3, -0.25) is 9.69 Å². The van der Waals surface area contributed by atoms with Gasteiger partial charge in [0, 0.05) is 0 Å². The second-order valence-electron chi connectivity index (χ2n) is 6.47. The number of esters is 2. The molecule has 0 radical (unpaired) electrons. The Morgan fingerprint density at radius 1 is 1.27 bits per heavy atom. The van der Waals surface area contributed by atoms with Crippen LogP contribution in [-0.4, -0.2) is 63.3 Å². The number of β-lactam (4-membered cyclic amide) rings is 1. The van der Waals surface area contributed by atoms with E-state index in [-0.39, 0.29) is 6.61 Å². The van der Waals surface area contributed by atoms with Gasteiger partial charge in [0.25, 0.3) is 5.91 Å². The summed E-state index contributed by atoms with van der Waals surface area (Å²) in [6.07, 6.45) is -1.18. The van der Waals surface area contributed by atoms with E-state index in [1.54, 1.807) is 38.1 Å². The van der Waals surface area contributed by atoms with Crippen molar-refractivity contribution in [3.05, 3.63) is 30.3 Å². The molecule has 0 aliphatic carbocycles. The quantitative estimate of drug-likeness (QED) is 0.408. The van der Waals surface area contributed by atoms with Crippen molar-refractivity contribution < 1.29 is 33.1 Å². The van der Waals surface area contributed by atoms with Gasteiger partial charge in [0.2, 0.25) is 11.5 Å². The van der Waals surface area contributed by atoms with E-state index in [4.69, 9.17) is 14.2 Å². The third-order valence-corrected chi connectivity index (χ3v) is 6.66. The molecular weight excluding hydrogens is 362 g/mol. The summed E-state index contributed by atoms with van der Waals surface area (Å²) >= 11 is -1.59. The first kappa shape index (κ1) is 18.5. The minimum Gasteiger partial charge on any atom is -0.614 e. The fraction of sp³-hybridized carbons (Fsp3) is 0.471. The summed E-state index contributed by atoms with van der Waals surface area (Å²) in [6, 6.07) is 7.70. The maximum absolute atomic E-state index is 12.7. The average Bonchev–Trinajstić information content (AvgIpc) is 2.82. The van der Waals surface area contributed by atoms with Crippen LogP contribution >= 0.6 is 0 Å². The lowest BCUT2D eigenvalue weighted by Crippen LogP contribution is -2.68. The summed E-state index contributed by atoms with van der Waals surface area (Å²) in [5, 5.41) is -0.859. The number of hydrogen-bond donors (Lipinski definition) is 0. The van der Waals surface area contributed by atoms with Crippen LogP contribution in [0.25, 0.3) is 0 Å². The summed E-state index contributed by atoms with van der Waals surface area (Å²) in [5.41, 5.74) is 0. The Morgan fingerprint density at radius 3 is 2.54 bits per heavy atom. The lowest BCUT2D eigenvalue weighted by atomic mass is 9.97.